The topological polar surface area (TPSA) is 75.4 Å². The number of primary sulfonamides is 1. The van der Waals surface area contributed by atoms with Gasteiger partial charge in [0, 0.05) is 18.3 Å². The number of likely N-dealkylation sites (tertiary alicyclic amines) is 1. The van der Waals surface area contributed by atoms with Crippen LogP contribution in [0.5, 0.6) is 0 Å². The molecule has 1 saturated heterocycles. The Morgan fingerprint density at radius 1 is 1.38 bits per heavy atom. The van der Waals surface area contributed by atoms with Crippen molar-refractivity contribution < 1.29 is 8.42 Å². The molecule has 1 aliphatic heterocycles. The number of rotatable bonds is 5. The van der Waals surface area contributed by atoms with E-state index in [9.17, 15) is 8.42 Å². The van der Waals surface area contributed by atoms with E-state index >= 15 is 0 Å². The van der Waals surface area contributed by atoms with E-state index in [1.807, 2.05) is 0 Å². The van der Waals surface area contributed by atoms with Crippen LogP contribution in [0.1, 0.15) is 26.7 Å². The molecule has 1 heterocycles. The molecule has 1 aromatic carbocycles. The number of sulfonamides is 1. The predicted molar refractivity (Wildman–Crippen MR) is 85.7 cm³/mol. The van der Waals surface area contributed by atoms with Gasteiger partial charge in [0.05, 0.1) is 4.90 Å². The fourth-order valence-corrected chi connectivity index (χ4v) is 3.42. The molecule has 0 bridgehead atoms. The molecule has 0 aliphatic carbocycles. The van der Waals surface area contributed by atoms with E-state index in [1.54, 1.807) is 24.3 Å². The zero-order valence-corrected chi connectivity index (χ0v) is 13.6. The first-order valence-electron chi connectivity index (χ1n) is 7.52. The Balaban J connectivity index is 1.97. The van der Waals surface area contributed by atoms with Crippen LogP contribution < -0.4 is 10.5 Å². The SMILES string of the molecule is CCN1CCCC(C(C)Nc2ccc(S(N)(=O)=O)cc2)C1. The Kier molecular flexibility index (Phi) is 5.24. The lowest BCUT2D eigenvalue weighted by Gasteiger charge is -2.35. The van der Waals surface area contributed by atoms with Crippen LogP contribution in [0.3, 0.4) is 0 Å². The van der Waals surface area contributed by atoms with Crippen molar-refractivity contribution in [2.45, 2.75) is 37.6 Å². The number of hydrogen-bond acceptors (Lipinski definition) is 4. The zero-order chi connectivity index (χ0) is 15.5. The normalized spacial score (nSPS) is 22.0. The molecule has 2 atom stereocenters. The maximum absolute atomic E-state index is 11.2. The van der Waals surface area contributed by atoms with Gasteiger partial charge in [-0.1, -0.05) is 6.92 Å². The van der Waals surface area contributed by atoms with Crippen LogP contribution in [0.2, 0.25) is 0 Å². The summed E-state index contributed by atoms with van der Waals surface area (Å²) in [6.07, 6.45) is 2.48. The van der Waals surface area contributed by atoms with Gasteiger partial charge in [-0.05, 0) is 63.0 Å². The molecular formula is C15H25N3O2S. The molecule has 21 heavy (non-hydrogen) atoms. The van der Waals surface area contributed by atoms with Crippen LogP contribution in [0, 0.1) is 5.92 Å². The highest BCUT2D eigenvalue weighted by Crippen LogP contribution is 2.22. The largest absolute Gasteiger partial charge is 0.382 e. The van der Waals surface area contributed by atoms with E-state index in [-0.39, 0.29) is 4.90 Å². The summed E-state index contributed by atoms with van der Waals surface area (Å²) in [5.74, 6) is 0.622. The van der Waals surface area contributed by atoms with Crippen molar-refractivity contribution in [3.63, 3.8) is 0 Å². The first-order valence-corrected chi connectivity index (χ1v) is 9.06. The van der Waals surface area contributed by atoms with Crippen molar-refractivity contribution in [2.24, 2.45) is 11.1 Å². The molecule has 1 aliphatic rings. The van der Waals surface area contributed by atoms with Crippen LogP contribution in [-0.4, -0.2) is 39.0 Å². The third-order valence-corrected chi connectivity index (χ3v) is 5.20. The Morgan fingerprint density at radius 3 is 2.62 bits per heavy atom. The molecule has 0 saturated carbocycles. The van der Waals surface area contributed by atoms with Crippen LogP contribution in [0.25, 0.3) is 0 Å². The maximum atomic E-state index is 11.2. The molecule has 1 fully saturated rings. The lowest BCUT2D eigenvalue weighted by atomic mass is 9.91. The standard InChI is InChI=1S/C15H25N3O2S/c1-3-18-10-4-5-13(11-18)12(2)17-14-6-8-15(9-7-14)21(16,19)20/h6-9,12-13,17H,3-5,10-11H2,1-2H3,(H2,16,19,20). The van der Waals surface area contributed by atoms with Crippen LogP contribution in [0.15, 0.2) is 29.2 Å². The monoisotopic (exact) mass is 311 g/mol. The third kappa shape index (κ3) is 4.43. The molecule has 0 spiro atoms. The molecule has 2 rings (SSSR count). The lowest BCUT2D eigenvalue weighted by molar-refractivity contribution is 0.172. The van der Waals surface area contributed by atoms with Crippen LogP contribution >= 0.6 is 0 Å². The van der Waals surface area contributed by atoms with Gasteiger partial charge in [-0.2, -0.15) is 0 Å². The highest BCUT2D eigenvalue weighted by Gasteiger charge is 2.23. The lowest BCUT2D eigenvalue weighted by Crippen LogP contribution is -2.41. The zero-order valence-electron chi connectivity index (χ0n) is 12.7. The van der Waals surface area contributed by atoms with E-state index in [0.29, 0.717) is 12.0 Å². The van der Waals surface area contributed by atoms with E-state index in [4.69, 9.17) is 5.14 Å². The Labute approximate surface area is 127 Å². The van der Waals surface area contributed by atoms with E-state index in [0.717, 1.165) is 18.8 Å². The summed E-state index contributed by atoms with van der Waals surface area (Å²) in [6.45, 7) is 7.82. The fourth-order valence-electron chi connectivity index (χ4n) is 2.91. The summed E-state index contributed by atoms with van der Waals surface area (Å²) in [6, 6.07) is 7.00. The van der Waals surface area contributed by atoms with Gasteiger partial charge in [0.2, 0.25) is 10.0 Å². The summed E-state index contributed by atoms with van der Waals surface area (Å²) in [4.78, 5) is 2.63. The Morgan fingerprint density at radius 2 is 2.05 bits per heavy atom. The summed E-state index contributed by atoms with van der Waals surface area (Å²) >= 11 is 0. The quantitative estimate of drug-likeness (QED) is 0.870. The average molecular weight is 311 g/mol. The van der Waals surface area contributed by atoms with E-state index in [2.05, 4.69) is 24.1 Å². The number of nitrogens with one attached hydrogen (secondary N) is 1. The summed E-state index contributed by atoms with van der Waals surface area (Å²) in [5, 5.41) is 8.57. The number of benzene rings is 1. The summed E-state index contributed by atoms with van der Waals surface area (Å²) in [7, 11) is -3.61. The first kappa shape index (κ1) is 16.3. The second-order valence-electron chi connectivity index (χ2n) is 5.80. The Hall–Kier alpha value is -1.11. The minimum Gasteiger partial charge on any atom is -0.382 e. The summed E-state index contributed by atoms with van der Waals surface area (Å²) in [5.41, 5.74) is 0.934. The molecule has 1 aromatic rings. The Bertz CT molecular complexity index is 557. The van der Waals surface area contributed by atoms with Gasteiger partial charge in [-0.25, -0.2) is 13.6 Å². The highest BCUT2D eigenvalue weighted by atomic mass is 32.2. The van der Waals surface area contributed by atoms with Crippen molar-refractivity contribution in [3.8, 4) is 0 Å². The smallest absolute Gasteiger partial charge is 0.238 e. The minimum atomic E-state index is -3.61. The number of hydrogen-bond donors (Lipinski definition) is 2. The van der Waals surface area contributed by atoms with Gasteiger partial charge in [0.15, 0.2) is 0 Å². The molecule has 118 valence electrons. The summed E-state index contributed by atoms with van der Waals surface area (Å²) < 4.78 is 22.5. The van der Waals surface area contributed by atoms with Gasteiger partial charge >= 0.3 is 0 Å². The molecular weight excluding hydrogens is 286 g/mol. The predicted octanol–water partition coefficient (Wildman–Crippen LogP) is 1.87. The number of nitrogens with zero attached hydrogens (tertiary/aromatic N) is 1. The van der Waals surface area contributed by atoms with Gasteiger partial charge in [0.25, 0.3) is 0 Å². The van der Waals surface area contributed by atoms with Crippen molar-refractivity contribution in [1.29, 1.82) is 0 Å². The van der Waals surface area contributed by atoms with Gasteiger partial charge in [0.1, 0.15) is 0 Å². The molecule has 2 unspecified atom stereocenters. The second kappa shape index (κ2) is 6.77. The molecule has 6 heteroatoms. The minimum absolute atomic E-state index is 0.149. The van der Waals surface area contributed by atoms with Crippen molar-refractivity contribution in [2.75, 3.05) is 25.0 Å². The second-order valence-corrected chi connectivity index (χ2v) is 7.36. The van der Waals surface area contributed by atoms with E-state index < -0.39 is 10.0 Å². The van der Waals surface area contributed by atoms with Gasteiger partial charge in [-0.3, -0.25) is 0 Å². The number of nitrogens with two attached hydrogens (primary N) is 1. The number of anilines is 1. The highest BCUT2D eigenvalue weighted by molar-refractivity contribution is 7.89. The molecule has 0 amide bonds. The van der Waals surface area contributed by atoms with Crippen molar-refractivity contribution >= 4 is 15.7 Å². The molecule has 0 radical (unpaired) electrons. The third-order valence-electron chi connectivity index (χ3n) is 4.27. The first-order chi connectivity index (χ1) is 9.90. The van der Waals surface area contributed by atoms with E-state index in [1.165, 1.54) is 19.4 Å². The maximum Gasteiger partial charge on any atom is 0.238 e. The van der Waals surface area contributed by atoms with Crippen molar-refractivity contribution in [1.82, 2.24) is 4.90 Å². The van der Waals surface area contributed by atoms with Crippen LogP contribution in [-0.2, 0) is 10.0 Å². The molecule has 5 nitrogen and oxygen atoms in total. The number of piperidine rings is 1. The van der Waals surface area contributed by atoms with Crippen LogP contribution in [0.4, 0.5) is 5.69 Å². The molecule has 0 aromatic heterocycles. The molecule has 3 N–H and O–H groups in total. The fraction of sp³-hybridized carbons (Fsp3) is 0.600. The van der Waals surface area contributed by atoms with Crippen molar-refractivity contribution in [3.05, 3.63) is 24.3 Å². The van der Waals surface area contributed by atoms with Gasteiger partial charge < -0.3 is 10.2 Å². The van der Waals surface area contributed by atoms with Gasteiger partial charge in [-0.15, -0.1) is 0 Å². The average Bonchev–Trinajstić information content (AvgIpc) is 2.47.